The number of halogens is 2. The van der Waals surface area contributed by atoms with Crippen LogP contribution in [0.15, 0.2) is 45.3 Å². The Bertz CT molecular complexity index is 702. The molecule has 4 nitrogen and oxygen atoms in total. The van der Waals surface area contributed by atoms with Gasteiger partial charge in [-0.2, -0.15) is 0 Å². The smallest absolute Gasteiger partial charge is 0.255 e. The Labute approximate surface area is 158 Å². The van der Waals surface area contributed by atoms with Gasteiger partial charge in [0.15, 0.2) is 11.5 Å². The third-order valence-electron chi connectivity index (χ3n) is 3.12. The fourth-order valence-electron chi connectivity index (χ4n) is 2.04. The van der Waals surface area contributed by atoms with Gasteiger partial charge in [0.05, 0.1) is 17.7 Å². The molecule has 24 heavy (non-hydrogen) atoms. The Morgan fingerprint density at radius 3 is 2.42 bits per heavy atom. The summed E-state index contributed by atoms with van der Waals surface area (Å²) in [6.07, 6.45) is 0.893. The monoisotopic (exact) mass is 455 g/mol. The van der Waals surface area contributed by atoms with E-state index in [2.05, 4.69) is 37.2 Å². The van der Waals surface area contributed by atoms with E-state index in [0.29, 0.717) is 34.7 Å². The van der Waals surface area contributed by atoms with Crippen molar-refractivity contribution >= 4 is 43.5 Å². The molecule has 0 saturated heterocycles. The van der Waals surface area contributed by atoms with Gasteiger partial charge < -0.3 is 14.8 Å². The summed E-state index contributed by atoms with van der Waals surface area (Å²) in [4.78, 5) is 12.5. The van der Waals surface area contributed by atoms with Crippen LogP contribution >= 0.6 is 31.9 Å². The molecule has 0 aliphatic carbocycles. The summed E-state index contributed by atoms with van der Waals surface area (Å²) in [5.74, 6) is 0.973. The van der Waals surface area contributed by atoms with Gasteiger partial charge in [0.2, 0.25) is 0 Å². The number of hydrogen-bond donors (Lipinski definition) is 1. The average molecular weight is 457 g/mol. The maximum absolute atomic E-state index is 12.5. The summed E-state index contributed by atoms with van der Waals surface area (Å²) in [6, 6.07) is 10.9. The highest BCUT2D eigenvalue weighted by atomic mass is 79.9. The molecule has 2 aromatic rings. The Balaban J connectivity index is 2.25. The first-order valence-electron chi connectivity index (χ1n) is 7.71. The second kappa shape index (κ2) is 9.08. The Kier molecular flexibility index (Phi) is 7.12. The van der Waals surface area contributed by atoms with E-state index < -0.39 is 0 Å². The van der Waals surface area contributed by atoms with Crippen LogP contribution in [0.4, 0.5) is 5.69 Å². The minimum absolute atomic E-state index is 0.207. The van der Waals surface area contributed by atoms with Crippen molar-refractivity contribution in [2.45, 2.75) is 20.3 Å². The fraction of sp³-hybridized carbons (Fsp3) is 0.278. The molecule has 1 N–H and O–H groups in total. The van der Waals surface area contributed by atoms with E-state index in [1.54, 1.807) is 12.1 Å². The van der Waals surface area contributed by atoms with Crippen LogP contribution in [0.25, 0.3) is 0 Å². The highest BCUT2D eigenvalue weighted by molar-refractivity contribution is 9.10. The van der Waals surface area contributed by atoms with Crippen molar-refractivity contribution in [3.05, 3.63) is 50.9 Å². The number of carbonyl (C=O) groups is 1. The molecule has 0 heterocycles. The van der Waals surface area contributed by atoms with Gasteiger partial charge in [-0.25, -0.2) is 0 Å². The molecule has 0 aromatic heterocycles. The Morgan fingerprint density at radius 1 is 1.08 bits per heavy atom. The van der Waals surface area contributed by atoms with Crippen molar-refractivity contribution in [3.8, 4) is 11.5 Å². The molecule has 1 amide bonds. The van der Waals surface area contributed by atoms with Gasteiger partial charge in [0, 0.05) is 15.7 Å². The number of rotatable bonds is 7. The predicted octanol–water partition coefficient (Wildman–Crippen LogP) is 5.65. The largest absolute Gasteiger partial charge is 0.490 e. The van der Waals surface area contributed by atoms with Crippen molar-refractivity contribution in [1.82, 2.24) is 0 Å². The number of hydrogen-bond acceptors (Lipinski definition) is 3. The molecular weight excluding hydrogens is 438 g/mol. The van der Waals surface area contributed by atoms with Crippen LogP contribution < -0.4 is 14.8 Å². The summed E-state index contributed by atoms with van der Waals surface area (Å²) < 4.78 is 13.0. The van der Waals surface area contributed by atoms with Crippen LogP contribution in [0.3, 0.4) is 0 Å². The molecule has 0 aliphatic rings. The maximum atomic E-state index is 12.5. The van der Waals surface area contributed by atoms with Crippen molar-refractivity contribution < 1.29 is 14.3 Å². The van der Waals surface area contributed by atoms with Crippen LogP contribution in [0.2, 0.25) is 0 Å². The van der Waals surface area contributed by atoms with E-state index in [1.807, 2.05) is 38.1 Å². The van der Waals surface area contributed by atoms with Gasteiger partial charge in [0.1, 0.15) is 0 Å². The van der Waals surface area contributed by atoms with Crippen molar-refractivity contribution in [2.24, 2.45) is 0 Å². The lowest BCUT2D eigenvalue weighted by molar-refractivity contribution is 0.102. The number of anilines is 1. The van der Waals surface area contributed by atoms with Gasteiger partial charge in [0.25, 0.3) is 5.91 Å². The number of amides is 1. The van der Waals surface area contributed by atoms with Gasteiger partial charge in [-0.3, -0.25) is 4.79 Å². The van der Waals surface area contributed by atoms with Gasteiger partial charge in [-0.15, -0.1) is 0 Å². The number of ether oxygens (including phenoxy) is 2. The van der Waals surface area contributed by atoms with Gasteiger partial charge in [-0.05, 0) is 65.7 Å². The molecule has 2 aromatic carbocycles. The summed E-state index contributed by atoms with van der Waals surface area (Å²) in [5, 5.41) is 2.87. The summed E-state index contributed by atoms with van der Waals surface area (Å²) in [5.41, 5.74) is 1.22. The van der Waals surface area contributed by atoms with Crippen LogP contribution in [-0.4, -0.2) is 19.1 Å². The SMILES string of the molecule is CCCOc1c(Br)cc(C(=O)Nc2ccc(Br)cc2)cc1OCC. The van der Waals surface area contributed by atoms with Gasteiger partial charge >= 0.3 is 0 Å². The van der Waals surface area contributed by atoms with E-state index in [-0.39, 0.29) is 5.91 Å². The van der Waals surface area contributed by atoms with Crippen LogP contribution in [0, 0.1) is 0 Å². The highest BCUT2D eigenvalue weighted by Gasteiger charge is 2.16. The first-order valence-corrected chi connectivity index (χ1v) is 9.29. The van der Waals surface area contributed by atoms with Crippen LogP contribution in [-0.2, 0) is 0 Å². The molecule has 0 saturated carbocycles. The van der Waals surface area contributed by atoms with Crippen molar-refractivity contribution in [1.29, 1.82) is 0 Å². The van der Waals surface area contributed by atoms with E-state index in [4.69, 9.17) is 9.47 Å². The minimum atomic E-state index is -0.207. The molecule has 2 rings (SSSR count). The zero-order valence-electron chi connectivity index (χ0n) is 13.6. The molecule has 0 spiro atoms. The molecule has 6 heteroatoms. The number of benzene rings is 2. The molecule has 0 unspecified atom stereocenters. The standard InChI is InChI=1S/C18H19Br2NO3/c1-3-9-24-17-15(20)10-12(11-16(17)23-4-2)18(22)21-14-7-5-13(19)6-8-14/h5-8,10-11H,3-4,9H2,1-2H3,(H,21,22). The lowest BCUT2D eigenvalue weighted by Crippen LogP contribution is -2.12. The zero-order valence-corrected chi connectivity index (χ0v) is 16.7. The highest BCUT2D eigenvalue weighted by Crippen LogP contribution is 2.37. The molecule has 0 bridgehead atoms. The zero-order chi connectivity index (χ0) is 17.5. The van der Waals surface area contributed by atoms with Crippen molar-refractivity contribution in [2.75, 3.05) is 18.5 Å². The number of nitrogens with one attached hydrogen (secondary N) is 1. The summed E-state index contributed by atoms with van der Waals surface area (Å²) >= 11 is 6.84. The predicted molar refractivity (Wildman–Crippen MR) is 103 cm³/mol. The van der Waals surface area contributed by atoms with Gasteiger partial charge in [-0.1, -0.05) is 22.9 Å². The summed E-state index contributed by atoms with van der Waals surface area (Å²) in [7, 11) is 0. The van der Waals surface area contributed by atoms with Crippen molar-refractivity contribution in [3.63, 3.8) is 0 Å². The molecule has 0 atom stereocenters. The average Bonchev–Trinajstić information content (AvgIpc) is 2.56. The first kappa shape index (κ1) is 18.8. The summed E-state index contributed by atoms with van der Waals surface area (Å²) in [6.45, 7) is 5.01. The van der Waals surface area contributed by atoms with E-state index in [0.717, 1.165) is 16.6 Å². The van der Waals surface area contributed by atoms with E-state index >= 15 is 0 Å². The molecule has 0 aliphatic heterocycles. The maximum Gasteiger partial charge on any atom is 0.255 e. The van der Waals surface area contributed by atoms with Crippen LogP contribution in [0.1, 0.15) is 30.6 Å². The Morgan fingerprint density at radius 2 is 1.79 bits per heavy atom. The quantitative estimate of drug-likeness (QED) is 0.585. The molecule has 0 fully saturated rings. The second-order valence-corrected chi connectivity index (χ2v) is 6.80. The third kappa shape index (κ3) is 4.98. The lowest BCUT2D eigenvalue weighted by atomic mass is 10.1. The van der Waals surface area contributed by atoms with E-state index in [9.17, 15) is 4.79 Å². The van der Waals surface area contributed by atoms with E-state index in [1.165, 1.54) is 0 Å². The first-order chi connectivity index (χ1) is 11.5. The lowest BCUT2D eigenvalue weighted by Gasteiger charge is -2.15. The minimum Gasteiger partial charge on any atom is -0.490 e. The topological polar surface area (TPSA) is 47.6 Å². The normalized spacial score (nSPS) is 10.3. The molecule has 128 valence electrons. The Hall–Kier alpha value is -1.53. The third-order valence-corrected chi connectivity index (χ3v) is 4.24. The fourth-order valence-corrected chi connectivity index (χ4v) is 2.86. The second-order valence-electron chi connectivity index (χ2n) is 5.03. The number of carbonyl (C=O) groups excluding carboxylic acids is 1. The molecular formula is C18H19Br2NO3. The van der Waals surface area contributed by atoms with Crippen LogP contribution in [0.5, 0.6) is 11.5 Å². The molecule has 0 radical (unpaired) electrons.